The molecule has 0 bridgehead atoms. The summed E-state index contributed by atoms with van der Waals surface area (Å²) >= 11 is 0. The summed E-state index contributed by atoms with van der Waals surface area (Å²) < 4.78 is 53.7. The molecule has 6 rings (SSSR count). The van der Waals surface area contributed by atoms with Gasteiger partial charge in [0, 0.05) is 23.9 Å². The second-order valence-electron chi connectivity index (χ2n) is 27.7. The summed E-state index contributed by atoms with van der Waals surface area (Å²) in [5.74, 6) is -3.66. The molecule has 8 unspecified atom stereocenters. The Bertz CT molecular complexity index is 2230. The summed E-state index contributed by atoms with van der Waals surface area (Å²) in [7, 11) is 0. The van der Waals surface area contributed by atoms with Crippen LogP contribution in [0.5, 0.6) is 0 Å². The predicted octanol–water partition coefficient (Wildman–Crippen LogP) is -15.3. The summed E-state index contributed by atoms with van der Waals surface area (Å²) in [5, 5.41) is 280. The van der Waals surface area contributed by atoms with Crippen LogP contribution < -0.4 is 10.6 Å². The lowest BCUT2D eigenvalue weighted by atomic mass is 9.89. The number of nitrogens with one attached hydrogen (secondary N) is 2. The molecule has 104 heavy (non-hydrogen) atoms. The van der Waals surface area contributed by atoms with Crippen molar-refractivity contribution in [1.82, 2.24) is 10.6 Å². The number of hydrogen-bond donors (Lipinski definition) is 30. The van der Waals surface area contributed by atoms with Crippen LogP contribution in [0, 0.1) is 23.7 Å². The Morgan fingerprint density at radius 2 is 0.606 bits per heavy atom. The van der Waals surface area contributed by atoms with E-state index in [1.54, 1.807) is 55.4 Å². The quantitative estimate of drug-likeness (QED) is 0.0346. The number of carbonyl (C=O) groups excluding carboxylic acids is 2. The zero-order valence-electron chi connectivity index (χ0n) is 59.3. The van der Waals surface area contributed by atoms with E-state index in [9.17, 15) is 153 Å². The molecular formula is C62H118N2O40. The van der Waals surface area contributed by atoms with Gasteiger partial charge in [0.25, 0.3) is 11.8 Å². The van der Waals surface area contributed by atoms with Crippen LogP contribution in [-0.2, 0) is 57.0 Å². The van der Waals surface area contributed by atoms with Gasteiger partial charge in [0.1, 0.15) is 159 Å². The third-order valence-corrected chi connectivity index (χ3v) is 18.3. The van der Waals surface area contributed by atoms with Gasteiger partial charge in [-0.3, -0.25) is 9.59 Å². The van der Waals surface area contributed by atoms with E-state index in [0.29, 0.717) is 0 Å². The van der Waals surface area contributed by atoms with Gasteiger partial charge in [-0.15, -0.1) is 0 Å². The molecule has 2 amide bonds. The summed E-state index contributed by atoms with van der Waals surface area (Å²) in [6, 6.07) is -0.643. The van der Waals surface area contributed by atoms with Crippen LogP contribution in [0.15, 0.2) is 0 Å². The molecule has 6 heterocycles. The zero-order chi connectivity index (χ0) is 79.5. The second kappa shape index (κ2) is 44.5. The van der Waals surface area contributed by atoms with Gasteiger partial charge in [0.05, 0.1) is 77.3 Å². The van der Waals surface area contributed by atoms with Crippen LogP contribution in [0.3, 0.4) is 0 Å². The van der Waals surface area contributed by atoms with Crippen molar-refractivity contribution in [3.05, 3.63) is 0 Å². The molecule has 0 radical (unpaired) electrons. The van der Waals surface area contributed by atoms with Gasteiger partial charge in [-0.25, -0.2) is 0 Å². The summed E-state index contributed by atoms with van der Waals surface area (Å²) in [6.45, 7) is 11.5. The fraction of sp³-hybridized carbons (Fsp3) is 0.968. The third kappa shape index (κ3) is 24.7. The first kappa shape index (κ1) is 95.6. The number of aliphatic hydroxyl groups excluding tert-OH is 28. The van der Waals surface area contributed by atoms with Gasteiger partial charge in [0.15, 0.2) is 37.4 Å². The Morgan fingerprint density at radius 1 is 0.337 bits per heavy atom. The molecule has 6 aliphatic rings. The number of hydrogen-bond acceptors (Lipinski definition) is 40. The molecule has 42 heteroatoms. The average Bonchev–Trinajstić information content (AvgIpc) is 0.795. The van der Waals surface area contributed by atoms with Crippen molar-refractivity contribution in [2.75, 3.05) is 52.9 Å². The Balaban J connectivity index is 0.000000360. The second-order valence-corrected chi connectivity index (χ2v) is 27.7. The minimum atomic E-state index is -1.99. The number of amides is 2. The van der Waals surface area contributed by atoms with Gasteiger partial charge >= 0.3 is 0 Å². The van der Waals surface area contributed by atoms with E-state index < -0.39 is 297 Å². The van der Waals surface area contributed by atoms with Crippen LogP contribution >= 0.6 is 0 Å². The van der Waals surface area contributed by atoms with Gasteiger partial charge < -0.3 is 201 Å². The van der Waals surface area contributed by atoms with E-state index in [2.05, 4.69) is 10.6 Å². The molecule has 0 aliphatic carbocycles. The van der Waals surface area contributed by atoms with Crippen molar-refractivity contribution in [2.24, 2.45) is 23.7 Å². The third-order valence-electron chi connectivity index (χ3n) is 18.3. The van der Waals surface area contributed by atoms with Gasteiger partial charge in [0.2, 0.25) is 0 Å². The summed E-state index contributed by atoms with van der Waals surface area (Å²) in [4.78, 5) is 23.8. The monoisotopic (exact) mass is 1530 g/mol. The molecule has 6 saturated heterocycles. The zero-order valence-corrected chi connectivity index (χ0v) is 59.3. The van der Waals surface area contributed by atoms with E-state index in [-0.39, 0.29) is 23.9 Å². The molecule has 6 fully saturated rings. The Labute approximate surface area is 599 Å². The first-order valence-corrected chi connectivity index (χ1v) is 34.2. The van der Waals surface area contributed by atoms with Crippen molar-refractivity contribution in [3.63, 3.8) is 0 Å². The molecular weight excluding hydrogens is 1410 g/mol. The topological polar surface area (TPSA) is 717 Å². The highest BCUT2D eigenvalue weighted by Crippen LogP contribution is 2.35. The summed E-state index contributed by atoms with van der Waals surface area (Å²) in [5.41, 5.74) is 0. The van der Waals surface area contributed by atoms with Crippen LogP contribution in [0.2, 0.25) is 0 Å². The Morgan fingerprint density at radius 3 is 0.856 bits per heavy atom. The molecule has 0 aromatic carbocycles. The normalized spacial score (nSPS) is 40.8. The lowest BCUT2D eigenvalue weighted by molar-refractivity contribution is -0.343. The van der Waals surface area contributed by atoms with Crippen molar-refractivity contribution in [1.29, 1.82) is 0 Å². The van der Waals surface area contributed by atoms with Crippen molar-refractivity contribution in [3.8, 4) is 0 Å². The van der Waals surface area contributed by atoms with E-state index in [1.165, 1.54) is 13.8 Å². The SMILES string of the molecule is CC(C)NC(=O)[C@@H](O)[C@H](O)[C@@H](O[C@H]1O[C@@H](CO)[C@@H](O)[C@@H](C)[C@@H]1O)[C@@H](O)CO.CC(C)NC(=O)[C@H](O)[C@@H](O)[C@H](O[C@H]1O[C@@H](CO)[C@@H](O)[C@@H](C)[C@@H]1O)[C@H](O)CO.CC(C)[C@@H]1OC(CO)[C@@H](O[C@@H]2OC(CO)[C@H](O)[C@H](O)C2O)[C@H](O)C1O.CC(C)[C@@H]1OC(CO)[C@@H](O[C@H]2OC(CO)[C@@H](O)[C@H](O)C2O)[C@H](O)C1O. The van der Waals surface area contributed by atoms with Crippen molar-refractivity contribution >= 4 is 11.8 Å². The van der Waals surface area contributed by atoms with Gasteiger partial charge in [-0.05, 0) is 39.5 Å². The average molecular weight is 1530 g/mol. The van der Waals surface area contributed by atoms with Crippen LogP contribution in [-0.4, -0.2) is 440 Å². The molecule has 30 N–H and O–H groups in total. The van der Waals surface area contributed by atoms with Gasteiger partial charge in [-0.1, -0.05) is 41.5 Å². The highest BCUT2D eigenvalue weighted by atomic mass is 16.7. The fourth-order valence-electron chi connectivity index (χ4n) is 11.8. The highest BCUT2D eigenvalue weighted by Gasteiger charge is 2.54. The van der Waals surface area contributed by atoms with Crippen molar-refractivity contribution in [2.45, 2.75) is 302 Å². The first-order valence-electron chi connectivity index (χ1n) is 34.2. The maximum atomic E-state index is 11.9. The summed E-state index contributed by atoms with van der Waals surface area (Å²) in [6.07, 6.45) is -51.6. The number of carbonyl (C=O) groups is 2. The largest absolute Gasteiger partial charge is 0.394 e. The van der Waals surface area contributed by atoms with Crippen LogP contribution in [0.25, 0.3) is 0 Å². The van der Waals surface area contributed by atoms with E-state index in [4.69, 9.17) is 47.4 Å². The Kier molecular flexibility index (Phi) is 40.9. The van der Waals surface area contributed by atoms with Crippen LogP contribution in [0.1, 0.15) is 69.2 Å². The molecule has 0 spiro atoms. The lowest BCUT2D eigenvalue weighted by Gasteiger charge is -2.47. The molecule has 42 nitrogen and oxygen atoms in total. The van der Waals surface area contributed by atoms with E-state index in [1.807, 2.05) is 0 Å². The highest BCUT2D eigenvalue weighted by molar-refractivity contribution is 5.81. The predicted molar refractivity (Wildman–Crippen MR) is 343 cm³/mol. The number of ether oxygens (including phenoxy) is 10. The fourth-order valence-corrected chi connectivity index (χ4v) is 11.8. The maximum Gasteiger partial charge on any atom is 0.251 e. The van der Waals surface area contributed by atoms with E-state index >= 15 is 0 Å². The lowest BCUT2D eigenvalue weighted by Crippen LogP contribution is -2.65. The number of aliphatic hydroxyl groups is 28. The molecule has 616 valence electrons. The van der Waals surface area contributed by atoms with Gasteiger partial charge in [-0.2, -0.15) is 0 Å². The molecule has 0 aromatic rings. The maximum absolute atomic E-state index is 11.9. The van der Waals surface area contributed by atoms with E-state index in [0.717, 1.165) is 0 Å². The molecule has 0 aromatic heterocycles. The minimum Gasteiger partial charge on any atom is -0.394 e. The minimum absolute atomic E-state index is 0.132. The molecule has 6 aliphatic heterocycles. The van der Waals surface area contributed by atoms with Crippen LogP contribution in [0.4, 0.5) is 0 Å². The van der Waals surface area contributed by atoms with Crippen molar-refractivity contribution < 1.29 is 200 Å². The number of rotatable bonds is 28. The smallest absolute Gasteiger partial charge is 0.251 e. The Hall–Kier alpha value is -2.58. The molecule has 0 saturated carbocycles. The molecule has 38 atom stereocenters. The first-order chi connectivity index (χ1) is 48.5. The standard InChI is InChI=1S/2C16H31NO10.2C15H28O10/c2*1-6(2)17-15(25)13(24)12(23)14(8(20)4-18)27-16-11(22)7(3)10(21)9(5-19)26-16;2*1-5(2)13-10(20)11(21)14(7(4-17)23-13)25-15-12(22)9(19)8(18)6(3-16)24-15/h2*6-14,16,18-24H,4-5H2,1-3H3,(H,17,25);2*5-22H,3-4H2,1-2H3/t7-,8+,9+,10+,11+,12+,13+,14+,16-;7-,8-,9+,10+,11+,12-,13-,14-,16-;6?,7?,8-,9+,10?,11-,12?,13+,14-,15-;6?,7?,8-,9-,10?,11+,12?,13-,14+,15-/m1110/s1.